The van der Waals surface area contributed by atoms with E-state index in [0.717, 1.165) is 0 Å². The maximum atomic E-state index is 13.5. The Morgan fingerprint density at radius 3 is 2.10 bits per heavy atom. The van der Waals surface area contributed by atoms with Crippen molar-refractivity contribution in [1.29, 1.82) is 0 Å². The second-order valence-corrected chi connectivity index (χ2v) is 4.03. The average molecular weight is 303 g/mol. The molecule has 0 bridgehead atoms. The van der Waals surface area contributed by atoms with E-state index in [1.165, 1.54) is 18.3 Å². The van der Waals surface area contributed by atoms with E-state index in [4.69, 9.17) is 0 Å². The van der Waals surface area contributed by atoms with E-state index in [-0.39, 0.29) is 5.69 Å². The van der Waals surface area contributed by atoms with Gasteiger partial charge in [0, 0.05) is 24.5 Å². The van der Waals surface area contributed by atoms with Gasteiger partial charge < -0.3 is 10.6 Å². The molecule has 21 heavy (non-hydrogen) atoms. The Kier molecular flexibility index (Phi) is 4.25. The first-order valence-electron chi connectivity index (χ1n) is 5.94. The van der Waals surface area contributed by atoms with Crippen LogP contribution >= 0.6 is 0 Å². The summed E-state index contributed by atoms with van der Waals surface area (Å²) in [5, 5.41) is 5.02. The number of nitrogens with zero attached hydrogens (tertiary/aromatic N) is 1. The molecule has 0 atom stereocenters. The van der Waals surface area contributed by atoms with Gasteiger partial charge in [-0.25, -0.2) is 26.9 Å². The number of benzene rings is 1. The molecule has 0 saturated heterocycles. The van der Waals surface area contributed by atoms with Crippen molar-refractivity contribution in [2.75, 3.05) is 17.2 Å². The van der Waals surface area contributed by atoms with Crippen LogP contribution in [0.1, 0.15) is 6.92 Å². The lowest BCUT2D eigenvalue weighted by Gasteiger charge is -2.11. The summed E-state index contributed by atoms with van der Waals surface area (Å²) in [4.78, 5) is 3.92. The number of rotatable bonds is 4. The van der Waals surface area contributed by atoms with E-state index in [1.807, 2.05) is 6.92 Å². The highest BCUT2D eigenvalue weighted by atomic mass is 19.2. The molecule has 0 aliphatic carbocycles. The van der Waals surface area contributed by atoms with E-state index in [0.29, 0.717) is 12.4 Å². The van der Waals surface area contributed by atoms with Gasteiger partial charge in [0.25, 0.3) is 0 Å². The molecule has 8 heteroatoms. The van der Waals surface area contributed by atoms with Crippen molar-refractivity contribution in [2.24, 2.45) is 0 Å². The molecule has 0 aliphatic rings. The van der Waals surface area contributed by atoms with Crippen LogP contribution in [-0.2, 0) is 0 Å². The second-order valence-electron chi connectivity index (χ2n) is 4.03. The molecular formula is C13H10F5N3. The van der Waals surface area contributed by atoms with Crippen LogP contribution in [0, 0.1) is 29.1 Å². The molecule has 3 nitrogen and oxygen atoms in total. The Morgan fingerprint density at radius 2 is 1.52 bits per heavy atom. The van der Waals surface area contributed by atoms with Crippen LogP contribution in [0.4, 0.5) is 39.1 Å². The molecule has 2 rings (SSSR count). The summed E-state index contributed by atoms with van der Waals surface area (Å²) in [7, 11) is 0. The van der Waals surface area contributed by atoms with Gasteiger partial charge in [-0.15, -0.1) is 0 Å². The summed E-state index contributed by atoms with van der Waals surface area (Å²) in [5.74, 6) is -9.65. The monoisotopic (exact) mass is 303 g/mol. The molecule has 1 heterocycles. The highest BCUT2D eigenvalue weighted by Gasteiger charge is 2.25. The number of pyridine rings is 1. The molecule has 0 saturated carbocycles. The Hall–Kier alpha value is -2.38. The number of hydrogen-bond acceptors (Lipinski definition) is 3. The van der Waals surface area contributed by atoms with Gasteiger partial charge in [0.05, 0.1) is 0 Å². The topological polar surface area (TPSA) is 37.0 Å². The van der Waals surface area contributed by atoms with Crippen molar-refractivity contribution in [3.63, 3.8) is 0 Å². The molecule has 112 valence electrons. The van der Waals surface area contributed by atoms with Crippen molar-refractivity contribution < 1.29 is 22.0 Å². The van der Waals surface area contributed by atoms with Gasteiger partial charge in [0.2, 0.25) is 5.82 Å². The molecule has 0 aliphatic heterocycles. The Labute approximate surface area is 116 Å². The minimum atomic E-state index is -2.20. The number of hydrogen-bond donors (Lipinski definition) is 2. The lowest BCUT2D eigenvalue weighted by Crippen LogP contribution is -2.07. The van der Waals surface area contributed by atoms with Crippen molar-refractivity contribution in [2.45, 2.75) is 6.92 Å². The first-order valence-corrected chi connectivity index (χ1v) is 5.94. The fraction of sp³-hybridized carbons (Fsp3) is 0.154. The summed E-state index contributed by atoms with van der Waals surface area (Å²) in [6, 6.07) is 2.71. The summed E-state index contributed by atoms with van der Waals surface area (Å²) in [6.45, 7) is 2.37. The Balaban J connectivity index is 2.42. The van der Waals surface area contributed by atoms with Gasteiger partial charge in [0.1, 0.15) is 11.5 Å². The summed E-state index contributed by atoms with van der Waals surface area (Å²) < 4.78 is 66.1. The zero-order valence-corrected chi connectivity index (χ0v) is 10.8. The molecule has 1 aromatic heterocycles. The van der Waals surface area contributed by atoms with Crippen molar-refractivity contribution in [3.05, 3.63) is 47.4 Å². The molecule has 1 aromatic carbocycles. The number of nitrogens with one attached hydrogen (secondary N) is 2. The first kappa shape index (κ1) is 15.0. The van der Waals surface area contributed by atoms with Crippen LogP contribution in [0.3, 0.4) is 0 Å². The third-order valence-electron chi connectivity index (χ3n) is 2.60. The molecule has 2 aromatic rings. The van der Waals surface area contributed by atoms with Crippen molar-refractivity contribution >= 4 is 17.2 Å². The van der Waals surface area contributed by atoms with E-state index < -0.39 is 34.8 Å². The third-order valence-corrected chi connectivity index (χ3v) is 2.60. The number of halogens is 5. The maximum Gasteiger partial charge on any atom is 0.200 e. The standard InChI is InChI=1S/C13H10F5N3/c1-2-19-7-5-6(3-4-20-7)21-13-11(17)9(15)8(14)10(16)12(13)18/h3-5H,2H2,1H3,(H2,19,20,21). The molecule has 0 unspecified atom stereocenters. The minimum absolute atomic E-state index is 0.129. The summed E-state index contributed by atoms with van der Waals surface area (Å²) in [5.41, 5.74) is -0.982. The third kappa shape index (κ3) is 2.88. The van der Waals surface area contributed by atoms with E-state index >= 15 is 0 Å². The van der Waals surface area contributed by atoms with E-state index in [9.17, 15) is 22.0 Å². The van der Waals surface area contributed by atoms with Crippen LogP contribution < -0.4 is 10.6 Å². The fourth-order valence-electron chi connectivity index (χ4n) is 1.65. The molecule has 0 radical (unpaired) electrons. The maximum absolute atomic E-state index is 13.5. The Morgan fingerprint density at radius 1 is 0.952 bits per heavy atom. The van der Waals surface area contributed by atoms with Gasteiger partial charge >= 0.3 is 0 Å². The minimum Gasteiger partial charge on any atom is -0.370 e. The quantitative estimate of drug-likeness (QED) is 0.510. The smallest absolute Gasteiger partial charge is 0.200 e. The number of aromatic nitrogens is 1. The highest BCUT2D eigenvalue weighted by Crippen LogP contribution is 2.29. The largest absolute Gasteiger partial charge is 0.370 e. The van der Waals surface area contributed by atoms with Crippen LogP contribution in [0.5, 0.6) is 0 Å². The van der Waals surface area contributed by atoms with Crippen LogP contribution in [0.25, 0.3) is 0 Å². The highest BCUT2D eigenvalue weighted by molar-refractivity contribution is 5.63. The first-order chi connectivity index (χ1) is 9.95. The lowest BCUT2D eigenvalue weighted by molar-refractivity contribution is 0.382. The zero-order valence-electron chi connectivity index (χ0n) is 10.8. The van der Waals surface area contributed by atoms with Crippen molar-refractivity contribution in [1.82, 2.24) is 4.98 Å². The van der Waals surface area contributed by atoms with Crippen molar-refractivity contribution in [3.8, 4) is 0 Å². The molecular weight excluding hydrogens is 293 g/mol. The van der Waals surface area contributed by atoms with Gasteiger partial charge in [-0.2, -0.15) is 0 Å². The van der Waals surface area contributed by atoms with Gasteiger partial charge in [-0.05, 0) is 13.0 Å². The van der Waals surface area contributed by atoms with Gasteiger partial charge in [-0.3, -0.25) is 0 Å². The van der Waals surface area contributed by atoms with E-state index in [2.05, 4.69) is 15.6 Å². The predicted octanol–water partition coefficient (Wildman–Crippen LogP) is 3.95. The Bertz CT molecular complexity index is 646. The average Bonchev–Trinajstić information content (AvgIpc) is 2.48. The van der Waals surface area contributed by atoms with Gasteiger partial charge in [-0.1, -0.05) is 0 Å². The molecule has 0 amide bonds. The normalized spacial score (nSPS) is 10.6. The molecule has 0 fully saturated rings. The number of anilines is 3. The van der Waals surface area contributed by atoms with Crippen LogP contribution in [-0.4, -0.2) is 11.5 Å². The fourth-order valence-corrected chi connectivity index (χ4v) is 1.65. The predicted molar refractivity (Wildman–Crippen MR) is 67.9 cm³/mol. The van der Waals surface area contributed by atoms with Crippen LogP contribution in [0.15, 0.2) is 18.3 Å². The van der Waals surface area contributed by atoms with Crippen LogP contribution in [0.2, 0.25) is 0 Å². The summed E-state index contributed by atoms with van der Waals surface area (Å²) in [6.07, 6.45) is 1.33. The lowest BCUT2D eigenvalue weighted by atomic mass is 10.2. The summed E-state index contributed by atoms with van der Waals surface area (Å²) >= 11 is 0. The van der Waals surface area contributed by atoms with Gasteiger partial charge in [0.15, 0.2) is 23.3 Å². The zero-order chi connectivity index (χ0) is 15.6. The van der Waals surface area contributed by atoms with E-state index in [1.54, 1.807) is 0 Å². The molecule has 2 N–H and O–H groups in total. The SMILES string of the molecule is CCNc1cc(Nc2c(F)c(F)c(F)c(F)c2F)ccn1. The molecule has 0 spiro atoms. The second kappa shape index (κ2) is 5.94.